The van der Waals surface area contributed by atoms with Gasteiger partial charge in [-0.15, -0.1) is 0 Å². The lowest BCUT2D eigenvalue weighted by Crippen LogP contribution is -2.54. The number of hydrogen-bond acceptors (Lipinski definition) is 8. The predicted octanol–water partition coefficient (Wildman–Crippen LogP) is 2.97. The van der Waals surface area contributed by atoms with Crippen LogP contribution in [-0.4, -0.2) is 94.0 Å². The largest absolute Gasteiger partial charge is 0.493 e. The molecule has 0 bridgehead atoms. The van der Waals surface area contributed by atoms with Crippen molar-refractivity contribution in [2.75, 3.05) is 27.3 Å². The number of hydrogen-bond donors (Lipinski definition) is 3. The zero-order chi connectivity index (χ0) is 32.0. The van der Waals surface area contributed by atoms with E-state index in [2.05, 4.69) is 9.97 Å². The lowest BCUT2D eigenvalue weighted by atomic mass is 9.73. The molecule has 2 aliphatic heterocycles. The minimum atomic E-state index is -5.08. The number of nitrogens with two attached hydrogens (primary N) is 1. The van der Waals surface area contributed by atoms with Crippen molar-refractivity contribution in [2.45, 2.75) is 63.2 Å². The topological polar surface area (TPSA) is 163 Å². The summed E-state index contributed by atoms with van der Waals surface area (Å²) in [5.41, 5.74) is 8.95. The van der Waals surface area contributed by atoms with Gasteiger partial charge >= 0.3 is 12.1 Å². The SMILES string of the molecule is COc1ccc(C2=NN(C3CCN(C(=O)[C@@H](N)Cc4cnc[nH]4)CC3)C(=O)[C@@H]3CCCC[C@H]23)cc1OC.O=C(O)C(F)(F)F. The number of methoxy groups -OCH3 is 2. The Morgan fingerprint density at radius 2 is 1.73 bits per heavy atom. The van der Waals surface area contributed by atoms with Crippen LogP contribution >= 0.6 is 0 Å². The predicted molar refractivity (Wildman–Crippen MR) is 152 cm³/mol. The van der Waals surface area contributed by atoms with Crippen LogP contribution in [-0.2, 0) is 20.8 Å². The second-order valence-electron chi connectivity index (χ2n) is 11.0. The highest BCUT2D eigenvalue weighted by atomic mass is 19.4. The molecule has 240 valence electrons. The number of rotatable bonds is 7. The van der Waals surface area contributed by atoms with Crippen LogP contribution in [0.5, 0.6) is 11.5 Å². The van der Waals surface area contributed by atoms with Gasteiger partial charge in [0, 0.05) is 48.8 Å². The van der Waals surface area contributed by atoms with E-state index in [0.29, 0.717) is 43.9 Å². The molecule has 1 aliphatic carbocycles. The summed E-state index contributed by atoms with van der Waals surface area (Å²) >= 11 is 0. The van der Waals surface area contributed by atoms with Crippen molar-refractivity contribution >= 4 is 23.5 Å². The third-order valence-corrected chi connectivity index (χ3v) is 8.23. The molecule has 4 N–H and O–H groups in total. The van der Waals surface area contributed by atoms with Gasteiger partial charge in [-0.2, -0.15) is 18.3 Å². The number of carboxylic acid groups (broad SMARTS) is 1. The Morgan fingerprint density at radius 3 is 2.30 bits per heavy atom. The molecule has 44 heavy (non-hydrogen) atoms. The third-order valence-electron chi connectivity index (χ3n) is 8.23. The first-order chi connectivity index (χ1) is 20.9. The van der Waals surface area contributed by atoms with Crippen LogP contribution in [0.4, 0.5) is 13.2 Å². The van der Waals surface area contributed by atoms with Gasteiger partial charge in [-0.25, -0.2) is 14.8 Å². The number of amides is 2. The van der Waals surface area contributed by atoms with Crippen LogP contribution < -0.4 is 15.2 Å². The van der Waals surface area contributed by atoms with Gasteiger partial charge in [0.15, 0.2) is 11.5 Å². The standard InChI is InChI=1S/C27H36N6O4.C2HF3O2/c1-36-23-8-7-17(13-24(23)37-2)25-20-5-3-4-6-21(20)26(34)33(31-25)19-9-11-32(12-10-19)27(35)22(28)14-18-15-29-16-30-18;3-2(4,5)1(6)7/h7-8,13,15-16,19-22H,3-6,9-12,14,28H2,1-2H3,(H,29,30);(H,6,7)/t20-,21+,22-;/m0./s1. The number of aromatic amines is 1. The molecule has 2 fully saturated rings. The molecular weight excluding hydrogens is 585 g/mol. The molecule has 1 saturated carbocycles. The molecule has 0 spiro atoms. The lowest BCUT2D eigenvalue weighted by molar-refractivity contribution is -0.192. The maximum Gasteiger partial charge on any atom is 0.490 e. The van der Waals surface area contributed by atoms with E-state index in [0.717, 1.165) is 42.7 Å². The Morgan fingerprint density at radius 1 is 1.09 bits per heavy atom. The normalized spacial score (nSPS) is 21.4. The van der Waals surface area contributed by atoms with Gasteiger partial charge in [-0.05, 0) is 43.9 Å². The van der Waals surface area contributed by atoms with Gasteiger partial charge in [0.25, 0.3) is 0 Å². The van der Waals surface area contributed by atoms with Crippen molar-refractivity contribution in [1.82, 2.24) is 19.9 Å². The maximum absolute atomic E-state index is 13.6. The third kappa shape index (κ3) is 7.49. The highest BCUT2D eigenvalue weighted by Gasteiger charge is 2.44. The number of H-pyrrole nitrogens is 1. The zero-order valence-electron chi connectivity index (χ0n) is 24.5. The number of carboxylic acids is 1. The van der Waals surface area contributed by atoms with Gasteiger partial charge in [-0.1, -0.05) is 12.8 Å². The van der Waals surface area contributed by atoms with E-state index in [-0.39, 0.29) is 29.7 Å². The molecule has 5 rings (SSSR count). The number of hydrazone groups is 1. The highest BCUT2D eigenvalue weighted by molar-refractivity contribution is 6.07. The Balaban J connectivity index is 0.000000566. The summed E-state index contributed by atoms with van der Waals surface area (Å²) in [4.78, 5) is 44.3. The monoisotopic (exact) mass is 622 g/mol. The first-order valence-corrected chi connectivity index (χ1v) is 14.4. The first kappa shape index (κ1) is 32.8. The van der Waals surface area contributed by atoms with E-state index in [1.807, 2.05) is 23.1 Å². The number of carbonyl (C=O) groups is 3. The number of piperidine rings is 1. The molecule has 3 heterocycles. The number of nitrogens with zero attached hydrogens (tertiary/aromatic N) is 4. The number of halogens is 3. The summed E-state index contributed by atoms with van der Waals surface area (Å²) in [7, 11) is 3.24. The number of ether oxygens (including phenoxy) is 2. The molecule has 0 unspecified atom stereocenters. The quantitative estimate of drug-likeness (QED) is 0.424. The minimum absolute atomic E-state index is 0.0431. The van der Waals surface area contributed by atoms with Crippen molar-refractivity contribution < 1.29 is 42.1 Å². The summed E-state index contributed by atoms with van der Waals surface area (Å²) in [5, 5.41) is 13.8. The Bertz CT molecular complexity index is 1340. The molecule has 2 aromatic rings. The fourth-order valence-electron chi connectivity index (χ4n) is 5.98. The summed E-state index contributed by atoms with van der Waals surface area (Å²) in [6.45, 7) is 1.11. The molecular formula is C29H37F3N6O6. The van der Waals surface area contributed by atoms with E-state index >= 15 is 0 Å². The van der Waals surface area contributed by atoms with Crippen LogP contribution in [0.25, 0.3) is 0 Å². The molecule has 0 radical (unpaired) electrons. The van der Waals surface area contributed by atoms with Crippen molar-refractivity contribution in [2.24, 2.45) is 22.7 Å². The Kier molecular flexibility index (Phi) is 10.5. The Labute approximate surface area is 252 Å². The number of fused-ring (bicyclic) bond motifs is 1. The number of carbonyl (C=O) groups excluding carboxylic acids is 2. The number of aliphatic carboxylic acids is 1. The first-order valence-electron chi connectivity index (χ1n) is 14.4. The summed E-state index contributed by atoms with van der Waals surface area (Å²) in [5.74, 6) is -1.34. The van der Waals surface area contributed by atoms with E-state index in [9.17, 15) is 22.8 Å². The fraction of sp³-hybridized carbons (Fsp3) is 0.552. The van der Waals surface area contributed by atoms with Gasteiger partial charge in [-0.3, -0.25) is 9.59 Å². The van der Waals surface area contributed by atoms with Gasteiger partial charge < -0.3 is 30.2 Å². The van der Waals surface area contributed by atoms with E-state index < -0.39 is 18.2 Å². The van der Waals surface area contributed by atoms with Crippen LogP contribution in [0.3, 0.4) is 0 Å². The molecule has 1 aromatic heterocycles. The van der Waals surface area contributed by atoms with Crippen LogP contribution in [0.1, 0.15) is 49.8 Å². The van der Waals surface area contributed by atoms with Gasteiger partial charge in [0.1, 0.15) is 0 Å². The molecule has 3 atom stereocenters. The van der Waals surface area contributed by atoms with Crippen molar-refractivity contribution in [3.63, 3.8) is 0 Å². The number of benzene rings is 1. The highest BCUT2D eigenvalue weighted by Crippen LogP contribution is 2.40. The van der Waals surface area contributed by atoms with Crippen molar-refractivity contribution in [3.05, 3.63) is 42.0 Å². The maximum atomic E-state index is 13.6. The van der Waals surface area contributed by atoms with Crippen molar-refractivity contribution in [3.8, 4) is 11.5 Å². The molecule has 1 aromatic carbocycles. The molecule has 2 amide bonds. The number of likely N-dealkylation sites (tertiary alicyclic amines) is 1. The van der Waals surface area contributed by atoms with Crippen molar-refractivity contribution in [1.29, 1.82) is 0 Å². The van der Waals surface area contributed by atoms with Crippen LogP contribution in [0.15, 0.2) is 35.8 Å². The van der Waals surface area contributed by atoms with Crippen LogP contribution in [0, 0.1) is 11.8 Å². The second-order valence-corrected chi connectivity index (χ2v) is 11.0. The minimum Gasteiger partial charge on any atom is -0.493 e. The number of aromatic nitrogens is 2. The van der Waals surface area contributed by atoms with E-state index in [1.54, 1.807) is 31.8 Å². The molecule has 3 aliphatic rings. The zero-order valence-corrected chi connectivity index (χ0v) is 24.5. The van der Waals surface area contributed by atoms with Gasteiger partial charge in [0.05, 0.1) is 38.3 Å². The van der Waals surface area contributed by atoms with E-state index in [1.165, 1.54) is 0 Å². The molecule has 15 heteroatoms. The summed E-state index contributed by atoms with van der Waals surface area (Å²) in [6, 6.07) is 5.19. The number of imidazole rings is 1. The lowest BCUT2D eigenvalue weighted by Gasteiger charge is -2.43. The second kappa shape index (κ2) is 14.1. The average Bonchev–Trinajstić information content (AvgIpc) is 3.53. The number of nitrogens with one attached hydrogen (secondary N) is 1. The smallest absolute Gasteiger partial charge is 0.490 e. The molecule has 12 nitrogen and oxygen atoms in total. The summed E-state index contributed by atoms with van der Waals surface area (Å²) in [6.07, 6.45) is 3.95. The van der Waals surface area contributed by atoms with Crippen LogP contribution in [0.2, 0.25) is 0 Å². The Hall–Kier alpha value is -4.14. The molecule has 1 saturated heterocycles. The average molecular weight is 623 g/mol. The van der Waals surface area contributed by atoms with E-state index in [4.69, 9.17) is 30.2 Å². The fourth-order valence-corrected chi connectivity index (χ4v) is 5.98. The summed E-state index contributed by atoms with van der Waals surface area (Å²) < 4.78 is 42.7. The van der Waals surface area contributed by atoms with Gasteiger partial charge in [0.2, 0.25) is 11.8 Å². The number of alkyl halides is 3.